The highest BCUT2D eigenvalue weighted by atomic mass is 16.5. The van der Waals surface area contributed by atoms with Crippen molar-refractivity contribution >= 4 is 11.8 Å². The van der Waals surface area contributed by atoms with E-state index in [4.69, 9.17) is 14.2 Å². The maximum Gasteiger partial charge on any atom is 0.354 e. The largest absolute Gasteiger partial charge is 0.492 e. The number of hydrogen-bond donors (Lipinski definition) is 1. The molecule has 8 heteroatoms. The molecule has 132 valence electrons. The summed E-state index contributed by atoms with van der Waals surface area (Å²) >= 11 is 0. The lowest BCUT2D eigenvalue weighted by molar-refractivity contribution is 0.0322. The fourth-order valence-electron chi connectivity index (χ4n) is 2.76. The first-order chi connectivity index (χ1) is 11.7. The molecule has 2 aliphatic rings. The molecule has 3 heterocycles. The fraction of sp³-hybridized carbons (Fsp3) is 0.625. The summed E-state index contributed by atoms with van der Waals surface area (Å²) in [7, 11) is 0. The van der Waals surface area contributed by atoms with Crippen LogP contribution in [0.3, 0.4) is 0 Å². The Balaban J connectivity index is 1.64. The summed E-state index contributed by atoms with van der Waals surface area (Å²) < 4.78 is 16.4. The Morgan fingerprint density at radius 2 is 1.79 bits per heavy atom. The van der Waals surface area contributed by atoms with Gasteiger partial charge in [-0.2, -0.15) is 0 Å². The van der Waals surface area contributed by atoms with Gasteiger partial charge >= 0.3 is 5.97 Å². The average Bonchev–Trinajstić information content (AvgIpc) is 2.63. The van der Waals surface area contributed by atoms with Gasteiger partial charge in [-0.1, -0.05) is 0 Å². The van der Waals surface area contributed by atoms with E-state index in [1.807, 2.05) is 4.90 Å². The zero-order chi connectivity index (χ0) is 16.8. The van der Waals surface area contributed by atoms with Crippen LogP contribution in [0.4, 0.5) is 5.82 Å². The van der Waals surface area contributed by atoms with Crippen molar-refractivity contribution in [1.29, 1.82) is 0 Å². The second-order valence-corrected chi connectivity index (χ2v) is 5.75. The molecule has 3 rings (SSSR count). The van der Waals surface area contributed by atoms with Gasteiger partial charge in [-0.25, -0.2) is 9.78 Å². The van der Waals surface area contributed by atoms with E-state index in [1.54, 1.807) is 6.07 Å². The number of hydrogen-bond acceptors (Lipinski definition) is 7. The maximum absolute atomic E-state index is 11.3. The fourth-order valence-corrected chi connectivity index (χ4v) is 2.76. The van der Waals surface area contributed by atoms with Crippen LogP contribution in [0.5, 0.6) is 5.75 Å². The van der Waals surface area contributed by atoms with Gasteiger partial charge < -0.3 is 24.2 Å². The molecular weight excluding hydrogens is 314 g/mol. The van der Waals surface area contributed by atoms with Gasteiger partial charge in [-0.3, -0.25) is 4.90 Å². The normalized spacial score (nSPS) is 19.2. The first-order valence-corrected chi connectivity index (χ1v) is 8.23. The topological polar surface area (TPSA) is 84.4 Å². The molecule has 0 aromatic carbocycles. The molecule has 24 heavy (non-hydrogen) atoms. The number of carbonyl (C=O) groups is 1. The number of carboxylic acids is 1. The van der Waals surface area contributed by atoms with Crippen LogP contribution in [0.2, 0.25) is 0 Å². The lowest BCUT2D eigenvalue weighted by Crippen LogP contribution is -2.38. The van der Waals surface area contributed by atoms with E-state index in [1.165, 1.54) is 6.07 Å². The van der Waals surface area contributed by atoms with Gasteiger partial charge in [0.1, 0.15) is 18.2 Å². The Morgan fingerprint density at radius 1 is 1.12 bits per heavy atom. The minimum absolute atomic E-state index is 0.000337. The summed E-state index contributed by atoms with van der Waals surface area (Å²) in [5.74, 6) is 0.111. The smallest absolute Gasteiger partial charge is 0.354 e. The molecule has 0 unspecified atom stereocenters. The van der Waals surface area contributed by atoms with E-state index in [9.17, 15) is 9.90 Å². The van der Waals surface area contributed by atoms with Crippen LogP contribution in [-0.2, 0) is 9.47 Å². The van der Waals surface area contributed by atoms with Gasteiger partial charge in [-0.05, 0) is 0 Å². The molecule has 0 aliphatic carbocycles. The van der Waals surface area contributed by atoms with E-state index in [2.05, 4.69) is 9.88 Å². The molecule has 0 spiro atoms. The van der Waals surface area contributed by atoms with Crippen molar-refractivity contribution in [2.45, 2.75) is 0 Å². The Kier molecular flexibility index (Phi) is 5.84. The third-order valence-electron chi connectivity index (χ3n) is 4.12. The Morgan fingerprint density at radius 3 is 2.46 bits per heavy atom. The molecular formula is C16H23N3O5. The van der Waals surface area contributed by atoms with E-state index in [-0.39, 0.29) is 5.69 Å². The molecule has 0 amide bonds. The molecule has 0 radical (unpaired) electrons. The number of nitrogens with zero attached hydrogens (tertiary/aromatic N) is 3. The summed E-state index contributed by atoms with van der Waals surface area (Å²) in [6.07, 6.45) is 0. The molecule has 1 N–H and O–H groups in total. The molecule has 2 saturated heterocycles. The molecule has 2 fully saturated rings. The van der Waals surface area contributed by atoms with E-state index < -0.39 is 5.97 Å². The number of morpholine rings is 2. The van der Waals surface area contributed by atoms with Crippen molar-refractivity contribution in [2.24, 2.45) is 0 Å². The third-order valence-corrected chi connectivity index (χ3v) is 4.12. The SMILES string of the molecule is O=C(O)c1cc(OCCN2CCOCC2)cc(N2CCOCC2)n1. The lowest BCUT2D eigenvalue weighted by Gasteiger charge is -2.28. The van der Waals surface area contributed by atoms with E-state index in [0.717, 1.165) is 32.8 Å². The monoisotopic (exact) mass is 337 g/mol. The van der Waals surface area contributed by atoms with Crippen LogP contribution in [-0.4, -0.2) is 86.7 Å². The highest BCUT2D eigenvalue weighted by Gasteiger charge is 2.17. The zero-order valence-electron chi connectivity index (χ0n) is 13.6. The predicted molar refractivity (Wildman–Crippen MR) is 87.0 cm³/mol. The van der Waals surface area contributed by atoms with Crippen molar-refractivity contribution in [2.75, 3.05) is 70.7 Å². The summed E-state index contributed by atoms with van der Waals surface area (Å²) in [5.41, 5.74) is 0.000337. The Hall–Kier alpha value is -1.90. The van der Waals surface area contributed by atoms with Crippen LogP contribution < -0.4 is 9.64 Å². The van der Waals surface area contributed by atoms with Crippen LogP contribution in [0.1, 0.15) is 10.5 Å². The molecule has 1 aromatic rings. The first kappa shape index (κ1) is 16.9. The molecule has 2 aliphatic heterocycles. The van der Waals surface area contributed by atoms with Gasteiger partial charge in [-0.15, -0.1) is 0 Å². The molecule has 0 bridgehead atoms. The summed E-state index contributed by atoms with van der Waals surface area (Å²) in [6.45, 7) is 7.23. The third kappa shape index (κ3) is 4.56. The first-order valence-electron chi connectivity index (χ1n) is 8.23. The van der Waals surface area contributed by atoms with Gasteiger partial charge in [0.2, 0.25) is 0 Å². The molecule has 1 aromatic heterocycles. The van der Waals surface area contributed by atoms with Crippen LogP contribution in [0.15, 0.2) is 12.1 Å². The van der Waals surface area contributed by atoms with Crippen LogP contribution in [0.25, 0.3) is 0 Å². The minimum Gasteiger partial charge on any atom is -0.492 e. The summed E-state index contributed by atoms with van der Waals surface area (Å²) in [5, 5.41) is 9.28. The Labute approximate surface area is 140 Å². The number of ether oxygens (including phenoxy) is 3. The van der Waals surface area contributed by atoms with Gasteiger partial charge in [0.05, 0.1) is 26.4 Å². The number of aromatic carboxylic acids is 1. The number of pyridine rings is 1. The summed E-state index contributed by atoms with van der Waals surface area (Å²) in [6, 6.07) is 3.28. The van der Waals surface area contributed by atoms with Crippen LogP contribution >= 0.6 is 0 Å². The zero-order valence-corrected chi connectivity index (χ0v) is 13.6. The molecule has 8 nitrogen and oxygen atoms in total. The maximum atomic E-state index is 11.3. The van der Waals surface area contributed by atoms with Gasteiger partial charge in [0.15, 0.2) is 5.69 Å². The van der Waals surface area contributed by atoms with Crippen molar-refractivity contribution in [3.05, 3.63) is 17.8 Å². The quantitative estimate of drug-likeness (QED) is 0.795. The van der Waals surface area contributed by atoms with E-state index in [0.29, 0.717) is 44.5 Å². The van der Waals surface area contributed by atoms with Crippen LogP contribution in [0, 0.1) is 0 Å². The number of anilines is 1. The Bertz CT molecular complexity index is 557. The van der Waals surface area contributed by atoms with Crippen molar-refractivity contribution in [3.63, 3.8) is 0 Å². The minimum atomic E-state index is -1.05. The van der Waals surface area contributed by atoms with Crippen molar-refractivity contribution < 1.29 is 24.1 Å². The second-order valence-electron chi connectivity index (χ2n) is 5.75. The predicted octanol–water partition coefficient (Wildman–Crippen LogP) is 0.327. The standard InChI is InChI=1S/C16H23N3O5/c20-16(21)14-11-13(24-10-3-18-1-6-22-7-2-18)12-15(17-14)19-4-8-23-9-5-19/h11-12H,1-10H2,(H,20,21). The van der Waals surface area contributed by atoms with Gasteiger partial charge in [0.25, 0.3) is 0 Å². The molecule has 0 atom stereocenters. The van der Waals surface area contributed by atoms with Crippen molar-refractivity contribution in [1.82, 2.24) is 9.88 Å². The second kappa shape index (κ2) is 8.27. The number of carboxylic acid groups (broad SMARTS) is 1. The number of rotatable bonds is 6. The van der Waals surface area contributed by atoms with E-state index >= 15 is 0 Å². The lowest BCUT2D eigenvalue weighted by atomic mass is 10.3. The highest BCUT2D eigenvalue weighted by molar-refractivity contribution is 5.86. The average molecular weight is 337 g/mol. The van der Waals surface area contributed by atoms with Crippen molar-refractivity contribution in [3.8, 4) is 5.75 Å². The molecule has 0 saturated carbocycles. The summed E-state index contributed by atoms with van der Waals surface area (Å²) in [4.78, 5) is 19.8. The number of aromatic nitrogens is 1. The van der Waals surface area contributed by atoms with Gasteiger partial charge in [0, 0.05) is 44.9 Å². The highest BCUT2D eigenvalue weighted by Crippen LogP contribution is 2.22.